The summed E-state index contributed by atoms with van der Waals surface area (Å²) in [7, 11) is 2.03. The van der Waals surface area contributed by atoms with Crippen LogP contribution in [0.15, 0.2) is 67.3 Å². The minimum Gasteiger partial charge on any atom is -0.357 e. The molecule has 0 aromatic carbocycles. The van der Waals surface area contributed by atoms with E-state index in [0.717, 1.165) is 16.5 Å². The van der Waals surface area contributed by atoms with Crippen molar-refractivity contribution in [3.8, 4) is 0 Å². The fourth-order valence-electron chi connectivity index (χ4n) is 3.31. The first kappa shape index (κ1) is 15.8. The predicted octanol–water partition coefficient (Wildman–Crippen LogP) is 2.99. The highest BCUT2D eigenvalue weighted by atomic mass is 32.1. The highest BCUT2D eigenvalue weighted by Crippen LogP contribution is 2.39. The Morgan fingerprint density at radius 2 is 1.88 bits per heavy atom. The van der Waals surface area contributed by atoms with E-state index in [1.54, 1.807) is 0 Å². The molecule has 6 heteroatoms. The van der Waals surface area contributed by atoms with E-state index in [0.29, 0.717) is 6.54 Å². The molecular formula is C19H19N5S. The predicted molar refractivity (Wildman–Crippen MR) is 101 cm³/mol. The minimum absolute atomic E-state index is 0.0137. The number of hydrogen-bond acceptors (Lipinski definition) is 3. The molecule has 1 N–H and O–H groups in total. The highest BCUT2D eigenvalue weighted by Gasteiger charge is 2.40. The molecule has 0 bridgehead atoms. The van der Waals surface area contributed by atoms with E-state index in [1.807, 2.05) is 55.8 Å². The molecule has 0 radical (unpaired) electrons. The molecule has 0 amide bonds. The van der Waals surface area contributed by atoms with Crippen LogP contribution in [0.5, 0.6) is 0 Å². The van der Waals surface area contributed by atoms with Crippen LogP contribution in [0.2, 0.25) is 0 Å². The van der Waals surface area contributed by atoms with Gasteiger partial charge < -0.3 is 14.8 Å². The quantitative estimate of drug-likeness (QED) is 0.734. The van der Waals surface area contributed by atoms with Crippen LogP contribution in [0.25, 0.3) is 0 Å². The summed E-state index contributed by atoms with van der Waals surface area (Å²) < 4.78 is 2.06. The summed E-state index contributed by atoms with van der Waals surface area (Å²) in [6, 6.07) is 14.2. The number of nitrogens with one attached hydrogen (secondary N) is 1. The van der Waals surface area contributed by atoms with Crippen LogP contribution in [0.1, 0.15) is 29.0 Å². The fraction of sp³-hybridized carbons (Fsp3) is 0.211. The molecule has 1 aliphatic heterocycles. The number of nitrogens with zero attached hydrogens (tertiary/aromatic N) is 4. The summed E-state index contributed by atoms with van der Waals surface area (Å²) in [5, 5.41) is 4.19. The maximum Gasteiger partial charge on any atom is 0.170 e. The zero-order valence-corrected chi connectivity index (χ0v) is 14.7. The van der Waals surface area contributed by atoms with Crippen molar-refractivity contribution in [2.45, 2.75) is 18.6 Å². The van der Waals surface area contributed by atoms with E-state index in [2.05, 4.69) is 43.2 Å². The van der Waals surface area contributed by atoms with E-state index in [1.165, 1.54) is 5.56 Å². The van der Waals surface area contributed by atoms with Gasteiger partial charge in [0.2, 0.25) is 0 Å². The number of hydrogen-bond donors (Lipinski definition) is 1. The molecule has 1 fully saturated rings. The van der Waals surface area contributed by atoms with Crippen LogP contribution >= 0.6 is 12.2 Å². The molecule has 0 spiro atoms. The molecule has 5 nitrogen and oxygen atoms in total. The van der Waals surface area contributed by atoms with Crippen LogP contribution in [-0.4, -0.2) is 24.5 Å². The summed E-state index contributed by atoms with van der Waals surface area (Å²) in [4.78, 5) is 11.2. The number of rotatable bonds is 4. The molecule has 3 aromatic rings. The van der Waals surface area contributed by atoms with Crippen molar-refractivity contribution >= 4 is 17.3 Å². The molecule has 0 aliphatic carbocycles. The first-order chi connectivity index (χ1) is 12.2. The lowest BCUT2D eigenvalue weighted by molar-refractivity contribution is 0.308. The normalized spacial score (nSPS) is 19.9. The third kappa shape index (κ3) is 3.13. The van der Waals surface area contributed by atoms with Crippen molar-refractivity contribution in [3.63, 3.8) is 0 Å². The SMILES string of the molecule is Cn1ccc([C@@H]2[C@H](c3ccccn3)NC(=S)N2Cc2ccccn2)c1. The minimum atomic E-state index is 0.0137. The van der Waals surface area contributed by atoms with Crippen LogP contribution in [0.3, 0.4) is 0 Å². The van der Waals surface area contributed by atoms with Gasteiger partial charge in [0.05, 0.1) is 30.0 Å². The van der Waals surface area contributed by atoms with E-state index in [-0.39, 0.29) is 12.1 Å². The molecule has 4 heterocycles. The fourth-order valence-corrected chi connectivity index (χ4v) is 3.61. The van der Waals surface area contributed by atoms with Gasteiger partial charge in [0.1, 0.15) is 0 Å². The Morgan fingerprint density at radius 3 is 2.52 bits per heavy atom. The lowest BCUT2D eigenvalue weighted by Gasteiger charge is -2.26. The first-order valence-electron chi connectivity index (χ1n) is 8.22. The largest absolute Gasteiger partial charge is 0.357 e. The maximum absolute atomic E-state index is 5.65. The van der Waals surface area contributed by atoms with E-state index in [4.69, 9.17) is 12.2 Å². The first-order valence-corrected chi connectivity index (χ1v) is 8.63. The van der Waals surface area contributed by atoms with Gasteiger partial charge in [-0.2, -0.15) is 0 Å². The van der Waals surface area contributed by atoms with Crippen molar-refractivity contribution in [1.82, 2.24) is 24.8 Å². The zero-order chi connectivity index (χ0) is 17.2. The Kier molecular flexibility index (Phi) is 4.19. The van der Waals surface area contributed by atoms with Crippen molar-refractivity contribution in [3.05, 3.63) is 84.2 Å². The topological polar surface area (TPSA) is 46.0 Å². The average molecular weight is 349 g/mol. The van der Waals surface area contributed by atoms with Crippen LogP contribution in [-0.2, 0) is 13.6 Å². The second-order valence-corrected chi connectivity index (χ2v) is 6.57. The Hall–Kier alpha value is -2.73. The van der Waals surface area contributed by atoms with Gasteiger partial charge in [-0.15, -0.1) is 0 Å². The van der Waals surface area contributed by atoms with E-state index in [9.17, 15) is 0 Å². The molecule has 1 saturated heterocycles. The summed E-state index contributed by atoms with van der Waals surface area (Å²) in [6.45, 7) is 0.662. The van der Waals surface area contributed by atoms with E-state index >= 15 is 0 Å². The third-order valence-electron chi connectivity index (χ3n) is 4.45. The standard InChI is InChI=1S/C19H19N5S/c1-23-11-8-14(12-23)18-17(16-7-3-5-10-21-16)22-19(25)24(18)13-15-6-2-4-9-20-15/h2-12,17-18H,13H2,1H3,(H,22,25)/t17-,18+/m0/s1. The smallest absolute Gasteiger partial charge is 0.170 e. The van der Waals surface area contributed by atoms with Gasteiger partial charge >= 0.3 is 0 Å². The molecule has 1 aliphatic rings. The molecule has 0 saturated carbocycles. The second-order valence-electron chi connectivity index (χ2n) is 6.19. The Balaban J connectivity index is 1.72. The number of thiocarbonyl (C=S) groups is 1. The molecule has 0 unspecified atom stereocenters. The van der Waals surface area contributed by atoms with Gasteiger partial charge in [-0.3, -0.25) is 9.97 Å². The maximum atomic E-state index is 5.65. The summed E-state index contributed by atoms with van der Waals surface area (Å²) in [6.07, 6.45) is 7.84. The second kappa shape index (κ2) is 6.64. The lowest BCUT2D eigenvalue weighted by atomic mass is 9.99. The van der Waals surface area contributed by atoms with Gasteiger partial charge in [0, 0.05) is 31.8 Å². The summed E-state index contributed by atoms with van der Waals surface area (Å²) in [5.41, 5.74) is 3.19. The molecule has 126 valence electrons. The Bertz CT molecular complexity index is 862. The average Bonchev–Trinajstić information content (AvgIpc) is 3.20. The van der Waals surface area contributed by atoms with Crippen LogP contribution in [0, 0.1) is 0 Å². The zero-order valence-electron chi connectivity index (χ0n) is 13.9. The van der Waals surface area contributed by atoms with Crippen molar-refractivity contribution < 1.29 is 0 Å². The van der Waals surface area contributed by atoms with Gasteiger partial charge in [-0.05, 0) is 48.1 Å². The Labute approximate surface area is 152 Å². The van der Waals surface area contributed by atoms with Crippen LogP contribution in [0.4, 0.5) is 0 Å². The summed E-state index contributed by atoms with van der Waals surface area (Å²) in [5.74, 6) is 0. The van der Waals surface area contributed by atoms with Crippen molar-refractivity contribution in [1.29, 1.82) is 0 Å². The molecule has 25 heavy (non-hydrogen) atoms. The van der Waals surface area contributed by atoms with Crippen molar-refractivity contribution in [2.75, 3.05) is 0 Å². The monoisotopic (exact) mass is 349 g/mol. The van der Waals surface area contributed by atoms with Gasteiger partial charge in [0.25, 0.3) is 0 Å². The third-order valence-corrected chi connectivity index (χ3v) is 4.80. The Morgan fingerprint density at radius 1 is 1.08 bits per heavy atom. The lowest BCUT2D eigenvalue weighted by Crippen LogP contribution is -2.29. The van der Waals surface area contributed by atoms with Gasteiger partial charge in [-0.1, -0.05) is 12.1 Å². The highest BCUT2D eigenvalue weighted by molar-refractivity contribution is 7.80. The molecule has 3 aromatic heterocycles. The van der Waals surface area contributed by atoms with Crippen LogP contribution < -0.4 is 5.32 Å². The number of aromatic nitrogens is 3. The number of aryl methyl sites for hydroxylation is 1. The van der Waals surface area contributed by atoms with E-state index < -0.39 is 0 Å². The van der Waals surface area contributed by atoms with Gasteiger partial charge in [-0.25, -0.2) is 0 Å². The summed E-state index contributed by atoms with van der Waals surface area (Å²) >= 11 is 5.65. The molecule has 2 atom stereocenters. The number of pyridine rings is 2. The molecule has 4 rings (SSSR count). The van der Waals surface area contributed by atoms with Crippen molar-refractivity contribution in [2.24, 2.45) is 7.05 Å². The molecular weight excluding hydrogens is 330 g/mol. The van der Waals surface area contributed by atoms with Gasteiger partial charge in [0.15, 0.2) is 5.11 Å².